The number of hydrogen-bond donors (Lipinski definition) is 2. The largest absolute Gasteiger partial charge is 0.453 e. The van der Waals surface area contributed by atoms with Crippen LogP contribution >= 0.6 is 0 Å². The van der Waals surface area contributed by atoms with Crippen LogP contribution in [0.1, 0.15) is 57.8 Å². The predicted molar refractivity (Wildman–Crippen MR) is 103 cm³/mol. The molecular weight excluding hydrogens is 360 g/mol. The van der Waals surface area contributed by atoms with Crippen molar-refractivity contribution in [3.63, 3.8) is 0 Å². The molecule has 4 rings (SSSR count). The first-order valence-electron chi connectivity index (χ1n) is 10.1. The first-order valence-corrected chi connectivity index (χ1v) is 10.1. The Morgan fingerprint density at radius 3 is 2.39 bits per heavy atom. The van der Waals surface area contributed by atoms with E-state index in [1.165, 1.54) is 4.90 Å². The van der Waals surface area contributed by atoms with Crippen molar-refractivity contribution in [3.8, 4) is 0 Å². The summed E-state index contributed by atoms with van der Waals surface area (Å²) in [6.45, 7) is -0.482. The smallest absolute Gasteiger partial charge is 0.338 e. The second-order valence-electron chi connectivity index (χ2n) is 8.11. The van der Waals surface area contributed by atoms with E-state index in [1.54, 1.807) is 18.2 Å². The summed E-state index contributed by atoms with van der Waals surface area (Å²) in [7, 11) is 0. The number of carbonyl (C=O) groups is 3. The molecule has 0 bridgehead atoms. The van der Waals surface area contributed by atoms with Gasteiger partial charge in [0.25, 0.3) is 11.8 Å². The van der Waals surface area contributed by atoms with Gasteiger partial charge in [-0.2, -0.15) is 0 Å². The molecule has 0 saturated heterocycles. The summed E-state index contributed by atoms with van der Waals surface area (Å²) in [5.41, 5.74) is -1.22. The summed E-state index contributed by atoms with van der Waals surface area (Å²) < 4.78 is 5.24. The van der Waals surface area contributed by atoms with Gasteiger partial charge in [0.2, 0.25) is 0 Å². The van der Waals surface area contributed by atoms with Gasteiger partial charge < -0.3 is 15.2 Å². The number of rotatable bonds is 3. The van der Waals surface area contributed by atoms with Crippen molar-refractivity contribution < 1.29 is 24.2 Å². The Hall–Kier alpha value is -2.41. The highest BCUT2D eigenvalue weighted by Gasteiger charge is 2.52. The summed E-state index contributed by atoms with van der Waals surface area (Å²) in [5, 5.41) is 13.4. The zero-order chi connectivity index (χ0) is 19.8. The van der Waals surface area contributed by atoms with E-state index in [-0.39, 0.29) is 5.91 Å². The van der Waals surface area contributed by atoms with Crippen LogP contribution in [0.4, 0.5) is 11.4 Å². The lowest BCUT2D eigenvalue weighted by Crippen LogP contribution is -2.61. The van der Waals surface area contributed by atoms with Gasteiger partial charge in [-0.1, -0.05) is 31.4 Å². The summed E-state index contributed by atoms with van der Waals surface area (Å²) in [5.74, 6) is -1.36. The zero-order valence-electron chi connectivity index (χ0n) is 15.9. The third-order valence-electron chi connectivity index (χ3n) is 6.31. The number of carbonyl (C=O) groups excluding carboxylic acids is 3. The van der Waals surface area contributed by atoms with Gasteiger partial charge in [-0.15, -0.1) is 0 Å². The predicted octanol–water partition coefficient (Wildman–Crippen LogP) is 2.52. The Bertz CT molecular complexity index is 794. The molecule has 0 unspecified atom stereocenters. The second kappa shape index (κ2) is 7.20. The van der Waals surface area contributed by atoms with Crippen LogP contribution in [-0.4, -0.2) is 40.6 Å². The minimum absolute atomic E-state index is 0.186. The fourth-order valence-corrected chi connectivity index (χ4v) is 4.80. The van der Waals surface area contributed by atoms with Crippen molar-refractivity contribution >= 4 is 29.2 Å². The monoisotopic (exact) mass is 386 g/mol. The van der Waals surface area contributed by atoms with E-state index >= 15 is 0 Å². The van der Waals surface area contributed by atoms with Crippen molar-refractivity contribution in [2.24, 2.45) is 0 Å². The molecule has 1 heterocycles. The molecule has 2 N–H and O–H groups in total. The summed E-state index contributed by atoms with van der Waals surface area (Å²) >= 11 is 0. The van der Waals surface area contributed by atoms with Crippen LogP contribution in [0.15, 0.2) is 24.3 Å². The molecule has 1 aromatic rings. The number of nitrogens with zero attached hydrogens (tertiary/aromatic N) is 1. The topological polar surface area (TPSA) is 95.9 Å². The van der Waals surface area contributed by atoms with Crippen LogP contribution < -0.4 is 10.2 Å². The quantitative estimate of drug-likeness (QED) is 0.778. The van der Waals surface area contributed by atoms with E-state index in [2.05, 4.69) is 5.32 Å². The van der Waals surface area contributed by atoms with Crippen LogP contribution in [0.2, 0.25) is 0 Å². The maximum absolute atomic E-state index is 13.1. The van der Waals surface area contributed by atoms with E-state index in [0.29, 0.717) is 37.1 Å². The van der Waals surface area contributed by atoms with Crippen molar-refractivity contribution in [2.75, 3.05) is 16.8 Å². The van der Waals surface area contributed by atoms with Crippen LogP contribution in [0.25, 0.3) is 0 Å². The van der Waals surface area contributed by atoms with Crippen molar-refractivity contribution in [1.82, 2.24) is 0 Å². The molecule has 0 radical (unpaired) electrons. The highest BCUT2D eigenvalue weighted by Crippen LogP contribution is 2.45. The Kier molecular flexibility index (Phi) is 4.87. The van der Waals surface area contributed by atoms with Crippen LogP contribution in [0.5, 0.6) is 0 Å². The zero-order valence-corrected chi connectivity index (χ0v) is 15.9. The maximum Gasteiger partial charge on any atom is 0.338 e. The number of hydrogen-bond acceptors (Lipinski definition) is 5. The van der Waals surface area contributed by atoms with E-state index in [0.717, 1.165) is 32.1 Å². The number of aliphatic hydroxyl groups is 1. The van der Waals surface area contributed by atoms with Gasteiger partial charge in [0, 0.05) is 0 Å². The van der Waals surface area contributed by atoms with E-state index in [4.69, 9.17) is 4.74 Å². The molecular formula is C21H26N2O5. The fraction of sp³-hybridized carbons (Fsp3) is 0.571. The number of para-hydroxylation sites is 2. The molecule has 0 aromatic heterocycles. The Morgan fingerprint density at radius 2 is 1.68 bits per heavy atom. The molecule has 2 saturated carbocycles. The van der Waals surface area contributed by atoms with Gasteiger partial charge in [-0.3, -0.25) is 14.5 Å². The Morgan fingerprint density at radius 1 is 1.04 bits per heavy atom. The number of anilines is 2. The molecule has 1 aliphatic heterocycles. The number of benzene rings is 1. The van der Waals surface area contributed by atoms with Gasteiger partial charge in [0.05, 0.1) is 11.4 Å². The van der Waals surface area contributed by atoms with E-state index in [9.17, 15) is 19.5 Å². The molecule has 3 aliphatic rings. The van der Waals surface area contributed by atoms with Crippen molar-refractivity contribution in [2.45, 2.75) is 68.9 Å². The standard InChI is InChI=1S/C21H26N2O5/c24-17(14-28-19(26)21(27)12-4-1-5-13-21)23-16-9-3-2-8-15(16)22-18(25)20(23)10-6-7-11-20/h2-3,8-9,27H,1,4-7,10-14H2,(H,22,25). The molecule has 2 amide bonds. The van der Waals surface area contributed by atoms with E-state index in [1.807, 2.05) is 6.07 Å². The van der Waals surface area contributed by atoms with E-state index < -0.39 is 29.6 Å². The third-order valence-corrected chi connectivity index (χ3v) is 6.31. The van der Waals surface area contributed by atoms with Crippen LogP contribution in [-0.2, 0) is 19.1 Å². The number of fused-ring (bicyclic) bond motifs is 1. The average Bonchev–Trinajstić information content (AvgIpc) is 3.18. The van der Waals surface area contributed by atoms with Gasteiger partial charge in [0.1, 0.15) is 5.54 Å². The second-order valence-corrected chi connectivity index (χ2v) is 8.11. The van der Waals surface area contributed by atoms with Crippen molar-refractivity contribution in [3.05, 3.63) is 24.3 Å². The third kappa shape index (κ3) is 3.07. The highest BCUT2D eigenvalue weighted by atomic mass is 16.6. The van der Waals surface area contributed by atoms with Gasteiger partial charge in [-0.25, -0.2) is 4.79 Å². The molecule has 1 aromatic carbocycles. The first-order chi connectivity index (χ1) is 13.5. The molecule has 28 heavy (non-hydrogen) atoms. The van der Waals surface area contributed by atoms with Crippen LogP contribution in [0.3, 0.4) is 0 Å². The first kappa shape index (κ1) is 18.9. The number of nitrogens with one attached hydrogen (secondary N) is 1. The highest BCUT2D eigenvalue weighted by molar-refractivity contribution is 6.15. The molecule has 150 valence electrons. The van der Waals surface area contributed by atoms with Gasteiger partial charge in [0.15, 0.2) is 12.2 Å². The molecule has 0 atom stereocenters. The van der Waals surface area contributed by atoms with Crippen LogP contribution in [0, 0.1) is 0 Å². The number of ether oxygens (including phenoxy) is 1. The summed E-state index contributed by atoms with van der Waals surface area (Å²) in [6.07, 6.45) is 6.12. The maximum atomic E-state index is 13.1. The Labute approximate surface area is 164 Å². The lowest BCUT2D eigenvalue weighted by atomic mass is 9.85. The average molecular weight is 386 g/mol. The van der Waals surface area contributed by atoms with Gasteiger partial charge >= 0.3 is 5.97 Å². The SMILES string of the molecule is O=C(COC(=O)C1(O)CCCCC1)N1c2ccccc2NC(=O)C12CCCC2. The normalized spacial score (nSPS) is 22.5. The summed E-state index contributed by atoms with van der Waals surface area (Å²) in [4.78, 5) is 40.0. The molecule has 1 spiro atoms. The summed E-state index contributed by atoms with van der Waals surface area (Å²) in [6, 6.07) is 7.17. The number of amides is 2. The Balaban J connectivity index is 1.56. The fourth-order valence-electron chi connectivity index (χ4n) is 4.80. The lowest BCUT2D eigenvalue weighted by molar-refractivity contribution is -0.170. The minimum atomic E-state index is -1.50. The molecule has 7 nitrogen and oxygen atoms in total. The minimum Gasteiger partial charge on any atom is -0.453 e. The molecule has 2 aliphatic carbocycles. The lowest BCUT2D eigenvalue weighted by Gasteiger charge is -2.44. The van der Waals surface area contributed by atoms with Gasteiger partial charge in [-0.05, 0) is 50.7 Å². The number of esters is 1. The van der Waals surface area contributed by atoms with Crippen molar-refractivity contribution in [1.29, 1.82) is 0 Å². The molecule has 2 fully saturated rings. The molecule has 7 heteroatoms.